The van der Waals surface area contributed by atoms with E-state index >= 15 is 0 Å². The van der Waals surface area contributed by atoms with E-state index in [0.717, 1.165) is 0 Å². The highest BCUT2D eigenvalue weighted by Crippen LogP contribution is 1.91. The zero-order chi connectivity index (χ0) is 8.85. The summed E-state index contributed by atoms with van der Waals surface area (Å²) in [5.74, 6) is -1.42. The van der Waals surface area contributed by atoms with Crippen LogP contribution < -0.4 is 0 Å². The Hall–Kier alpha value is -1.32. The Balaban J connectivity index is 3.74. The van der Waals surface area contributed by atoms with Gasteiger partial charge in [-0.25, -0.2) is 4.79 Å². The van der Waals surface area contributed by atoms with Crippen LogP contribution in [0, 0.1) is 0 Å². The first-order chi connectivity index (χ1) is 5.04. The molecule has 0 saturated heterocycles. The first kappa shape index (κ1) is 9.68. The lowest BCUT2D eigenvalue weighted by molar-refractivity contribution is -0.140. The average molecular weight is 158 g/mol. The van der Waals surface area contributed by atoms with Crippen LogP contribution in [0.5, 0.6) is 0 Å². The molecule has 0 bridgehead atoms. The van der Waals surface area contributed by atoms with Crippen molar-refractivity contribution in [3.8, 4) is 0 Å². The summed E-state index contributed by atoms with van der Waals surface area (Å²) in [4.78, 5) is 20.4. The number of carbonyl (C=O) groups excluding carboxylic acids is 1. The number of esters is 1. The van der Waals surface area contributed by atoms with Gasteiger partial charge in [0.2, 0.25) is 0 Å². The van der Waals surface area contributed by atoms with Gasteiger partial charge in [0.1, 0.15) is 6.61 Å². The van der Waals surface area contributed by atoms with Gasteiger partial charge in [0.25, 0.3) is 0 Å². The molecule has 62 valence electrons. The SMILES string of the molecule is CC(=O)OCC=C(C)C(=O)O. The molecule has 4 nitrogen and oxygen atoms in total. The Morgan fingerprint density at radius 2 is 2.00 bits per heavy atom. The van der Waals surface area contributed by atoms with E-state index in [1.165, 1.54) is 19.9 Å². The second kappa shape index (κ2) is 4.49. The van der Waals surface area contributed by atoms with Crippen LogP contribution in [0.15, 0.2) is 11.6 Å². The van der Waals surface area contributed by atoms with Gasteiger partial charge >= 0.3 is 11.9 Å². The fourth-order valence-electron chi connectivity index (χ4n) is 0.371. The molecule has 0 fully saturated rings. The normalized spacial score (nSPS) is 10.9. The lowest BCUT2D eigenvalue weighted by atomic mass is 10.3. The number of carbonyl (C=O) groups is 2. The molecular formula is C7H10O4. The van der Waals surface area contributed by atoms with Crippen molar-refractivity contribution in [2.24, 2.45) is 0 Å². The molecule has 0 aliphatic heterocycles. The van der Waals surface area contributed by atoms with Crippen molar-refractivity contribution in [1.29, 1.82) is 0 Å². The predicted molar refractivity (Wildman–Crippen MR) is 38.0 cm³/mol. The van der Waals surface area contributed by atoms with Crippen LogP contribution in [0.2, 0.25) is 0 Å². The minimum atomic E-state index is -1.00. The number of carboxylic acid groups (broad SMARTS) is 1. The van der Waals surface area contributed by atoms with Crippen LogP contribution in [0.3, 0.4) is 0 Å². The molecular weight excluding hydrogens is 148 g/mol. The maximum Gasteiger partial charge on any atom is 0.331 e. The van der Waals surface area contributed by atoms with Crippen molar-refractivity contribution in [2.45, 2.75) is 13.8 Å². The lowest BCUT2D eigenvalue weighted by Gasteiger charge is -1.95. The molecule has 0 aliphatic rings. The summed E-state index contributed by atoms with van der Waals surface area (Å²) in [7, 11) is 0. The van der Waals surface area contributed by atoms with Gasteiger partial charge in [0, 0.05) is 12.5 Å². The molecule has 0 unspecified atom stereocenters. The van der Waals surface area contributed by atoms with Gasteiger partial charge in [0.05, 0.1) is 0 Å². The third kappa shape index (κ3) is 5.14. The van der Waals surface area contributed by atoms with E-state index in [2.05, 4.69) is 4.74 Å². The largest absolute Gasteiger partial charge is 0.478 e. The van der Waals surface area contributed by atoms with E-state index in [0.29, 0.717) is 0 Å². The summed E-state index contributed by atoms with van der Waals surface area (Å²) >= 11 is 0. The van der Waals surface area contributed by atoms with Crippen molar-refractivity contribution in [3.63, 3.8) is 0 Å². The fraction of sp³-hybridized carbons (Fsp3) is 0.429. The highest BCUT2D eigenvalue weighted by atomic mass is 16.5. The number of hydrogen-bond acceptors (Lipinski definition) is 3. The summed E-state index contributed by atoms with van der Waals surface area (Å²) < 4.78 is 4.48. The van der Waals surface area contributed by atoms with E-state index < -0.39 is 11.9 Å². The number of aliphatic carboxylic acids is 1. The Bertz CT molecular complexity index is 193. The molecule has 0 spiro atoms. The molecule has 0 aromatic rings. The molecule has 1 N–H and O–H groups in total. The van der Waals surface area contributed by atoms with E-state index in [-0.39, 0.29) is 12.2 Å². The zero-order valence-corrected chi connectivity index (χ0v) is 6.46. The molecule has 0 atom stereocenters. The number of hydrogen-bond donors (Lipinski definition) is 1. The first-order valence-electron chi connectivity index (χ1n) is 3.07. The Kier molecular flexibility index (Phi) is 3.95. The van der Waals surface area contributed by atoms with E-state index in [1.54, 1.807) is 0 Å². The maximum atomic E-state index is 10.2. The van der Waals surface area contributed by atoms with Crippen LogP contribution in [0.1, 0.15) is 13.8 Å². The van der Waals surface area contributed by atoms with Crippen LogP contribution in [0.4, 0.5) is 0 Å². The van der Waals surface area contributed by atoms with Gasteiger partial charge in [-0.15, -0.1) is 0 Å². The number of rotatable bonds is 3. The van der Waals surface area contributed by atoms with Crippen LogP contribution in [0.25, 0.3) is 0 Å². The van der Waals surface area contributed by atoms with Crippen molar-refractivity contribution >= 4 is 11.9 Å². The Morgan fingerprint density at radius 1 is 1.45 bits per heavy atom. The van der Waals surface area contributed by atoms with Crippen LogP contribution in [-0.2, 0) is 14.3 Å². The van der Waals surface area contributed by atoms with E-state index in [9.17, 15) is 9.59 Å². The summed E-state index contributed by atoms with van der Waals surface area (Å²) in [6.07, 6.45) is 1.34. The van der Waals surface area contributed by atoms with Crippen molar-refractivity contribution in [1.82, 2.24) is 0 Å². The second-order valence-electron chi connectivity index (χ2n) is 1.99. The summed E-state index contributed by atoms with van der Waals surface area (Å²) in [6, 6.07) is 0. The number of carboxylic acids is 1. The predicted octanol–water partition coefficient (Wildman–Crippen LogP) is 0.580. The van der Waals surface area contributed by atoms with Gasteiger partial charge in [-0.1, -0.05) is 0 Å². The van der Waals surface area contributed by atoms with Gasteiger partial charge in [-0.2, -0.15) is 0 Å². The molecule has 0 rings (SSSR count). The van der Waals surface area contributed by atoms with Gasteiger partial charge in [-0.3, -0.25) is 4.79 Å². The van der Waals surface area contributed by atoms with Gasteiger partial charge in [-0.05, 0) is 13.0 Å². The Morgan fingerprint density at radius 3 is 2.36 bits per heavy atom. The molecule has 11 heavy (non-hydrogen) atoms. The number of ether oxygens (including phenoxy) is 1. The average Bonchev–Trinajstić information content (AvgIpc) is 1.86. The Labute approximate surface area is 64.5 Å². The van der Waals surface area contributed by atoms with Gasteiger partial charge < -0.3 is 9.84 Å². The standard InChI is InChI=1S/C7H10O4/c1-5(7(9)10)3-4-11-6(2)8/h3H,4H2,1-2H3,(H,9,10). The molecule has 0 amide bonds. The minimum Gasteiger partial charge on any atom is -0.478 e. The van der Waals surface area contributed by atoms with Crippen molar-refractivity contribution in [2.75, 3.05) is 6.61 Å². The molecule has 0 aromatic carbocycles. The molecule has 0 radical (unpaired) electrons. The molecule has 4 heteroatoms. The molecule has 0 aliphatic carbocycles. The minimum absolute atomic E-state index is 0.0213. The van der Waals surface area contributed by atoms with Crippen molar-refractivity contribution < 1.29 is 19.4 Å². The third-order valence-electron chi connectivity index (χ3n) is 1.01. The van der Waals surface area contributed by atoms with Crippen molar-refractivity contribution in [3.05, 3.63) is 11.6 Å². The highest BCUT2D eigenvalue weighted by molar-refractivity contribution is 5.85. The van der Waals surface area contributed by atoms with Crippen LogP contribution in [-0.4, -0.2) is 23.7 Å². The van der Waals surface area contributed by atoms with E-state index in [1.807, 2.05) is 0 Å². The summed E-state index contributed by atoms with van der Waals surface area (Å²) in [6.45, 7) is 2.73. The van der Waals surface area contributed by atoms with Crippen LogP contribution >= 0.6 is 0 Å². The third-order valence-corrected chi connectivity index (χ3v) is 1.01. The summed E-state index contributed by atoms with van der Waals surface area (Å²) in [5, 5.41) is 8.34. The first-order valence-corrected chi connectivity index (χ1v) is 3.07. The lowest BCUT2D eigenvalue weighted by Crippen LogP contribution is -2.01. The maximum absolute atomic E-state index is 10.2. The monoisotopic (exact) mass is 158 g/mol. The molecule has 0 heterocycles. The highest BCUT2D eigenvalue weighted by Gasteiger charge is 1.98. The second-order valence-corrected chi connectivity index (χ2v) is 1.99. The van der Waals surface area contributed by atoms with Gasteiger partial charge in [0.15, 0.2) is 0 Å². The topological polar surface area (TPSA) is 63.6 Å². The van der Waals surface area contributed by atoms with E-state index in [4.69, 9.17) is 5.11 Å². The molecule has 0 aromatic heterocycles. The molecule has 0 saturated carbocycles. The quantitative estimate of drug-likeness (QED) is 0.482. The fourth-order valence-corrected chi connectivity index (χ4v) is 0.371. The summed E-state index contributed by atoms with van der Waals surface area (Å²) in [5.41, 5.74) is 0.172. The smallest absolute Gasteiger partial charge is 0.331 e. The zero-order valence-electron chi connectivity index (χ0n) is 6.46.